The third kappa shape index (κ3) is 6.98. The van der Waals surface area contributed by atoms with Gasteiger partial charge in [0.2, 0.25) is 0 Å². The summed E-state index contributed by atoms with van der Waals surface area (Å²) < 4.78 is 12.5. The van der Waals surface area contributed by atoms with E-state index in [0.29, 0.717) is 11.1 Å². The highest BCUT2D eigenvalue weighted by Gasteiger charge is 2.41. The van der Waals surface area contributed by atoms with E-state index >= 15 is 0 Å². The molecule has 0 aliphatic carbocycles. The van der Waals surface area contributed by atoms with Crippen LogP contribution in [-0.2, 0) is 9.47 Å². The number of carbonyl (C=O) groups is 2. The van der Waals surface area contributed by atoms with E-state index in [2.05, 4.69) is 72.1 Å². The van der Waals surface area contributed by atoms with Gasteiger partial charge in [0.25, 0.3) is 0 Å². The average molecular weight is 621 g/mol. The van der Waals surface area contributed by atoms with Gasteiger partial charge >= 0.3 is 11.9 Å². The van der Waals surface area contributed by atoms with Crippen LogP contribution >= 0.6 is 0 Å². The molecule has 0 spiro atoms. The summed E-state index contributed by atoms with van der Waals surface area (Å²) in [5.74, 6) is -0.704. The number of hydrogen-bond acceptors (Lipinski definition) is 6. The lowest BCUT2D eigenvalue weighted by Gasteiger charge is -2.45. The van der Waals surface area contributed by atoms with Crippen LogP contribution in [-0.4, -0.2) is 46.3 Å². The first-order valence-electron chi connectivity index (χ1n) is 16.5. The first-order chi connectivity index (χ1) is 21.5. The SMILES string of the molecule is CC1(C)CC(OC(=O)c2cc(-c3cc4ccccc4cc3C(=O)OC3CC(C)(C)NC(C)(C)C3)c3ccccc3c2)CC(C)(C)N1. The fraction of sp³-hybridized carbons (Fsp3) is 0.450. The van der Waals surface area contributed by atoms with E-state index in [9.17, 15) is 9.59 Å². The van der Waals surface area contributed by atoms with E-state index in [1.165, 1.54) is 0 Å². The molecule has 0 unspecified atom stereocenters. The second-order valence-corrected chi connectivity index (χ2v) is 16.1. The lowest BCUT2D eigenvalue weighted by molar-refractivity contribution is -0.00755. The lowest BCUT2D eigenvalue weighted by Crippen LogP contribution is -2.59. The molecule has 2 saturated heterocycles. The minimum Gasteiger partial charge on any atom is -0.459 e. The van der Waals surface area contributed by atoms with E-state index in [4.69, 9.17) is 9.47 Å². The number of rotatable bonds is 5. The highest BCUT2D eigenvalue weighted by Crippen LogP contribution is 2.38. The molecule has 0 bridgehead atoms. The van der Waals surface area contributed by atoms with Crippen LogP contribution < -0.4 is 10.6 Å². The van der Waals surface area contributed by atoms with Gasteiger partial charge in [-0.25, -0.2) is 9.59 Å². The molecular formula is C40H48N2O4. The minimum absolute atomic E-state index is 0.152. The van der Waals surface area contributed by atoms with Gasteiger partial charge in [-0.3, -0.25) is 0 Å². The highest BCUT2D eigenvalue weighted by atomic mass is 16.5. The molecule has 2 heterocycles. The number of piperidine rings is 2. The number of hydrogen-bond donors (Lipinski definition) is 2. The van der Waals surface area contributed by atoms with Crippen molar-refractivity contribution in [2.24, 2.45) is 0 Å². The smallest absolute Gasteiger partial charge is 0.339 e. The zero-order valence-electron chi connectivity index (χ0n) is 28.5. The maximum Gasteiger partial charge on any atom is 0.339 e. The van der Waals surface area contributed by atoms with Crippen molar-refractivity contribution >= 4 is 33.5 Å². The van der Waals surface area contributed by atoms with Crippen LogP contribution in [0.25, 0.3) is 32.7 Å². The molecule has 46 heavy (non-hydrogen) atoms. The Labute approximate surface area is 273 Å². The molecule has 2 aliphatic rings. The van der Waals surface area contributed by atoms with Crippen LogP contribution in [0.2, 0.25) is 0 Å². The fourth-order valence-corrected chi connectivity index (χ4v) is 8.34. The largest absolute Gasteiger partial charge is 0.459 e. The Morgan fingerprint density at radius 2 is 1.02 bits per heavy atom. The molecule has 0 radical (unpaired) electrons. The average Bonchev–Trinajstić information content (AvgIpc) is 2.92. The number of carbonyl (C=O) groups excluding carboxylic acids is 2. The molecule has 6 nitrogen and oxygen atoms in total. The Morgan fingerprint density at radius 3 is 1.57 bits per heavy atom. The standard InChI is InChI=1S/C40H48N2O4/c1-37(2)21-29(22-38(3,4)41-37)45-35(43)28-17-27-15-11-12-16-31(27)32(20-28)33-18-25-13-9-10-14-26(25)19-34(33)36(44)46-30-23-39(5,6)42-40(7,8)24-30/h9-20,29-30,41-42H,21-24H2,1-8H3. The predicted octanol–water partition coefficient (Wildman–Crippen LogP) is 8.59. The third-order valence-corrected chi connectivity index (χ3v) is 9.35. The van der Waals surface area contributed by atoms with Crippen molar-refractivity contribution in [1.29, 1.82) is 0 Å². The van der Waals surface area contributed by atoms with Gasteiger partial charge in [-0.1, -0.05) is 48.5 Å². The van der Waals surface area contributed by atoms with Crippen molar-refractivity contribution in [1.82, 2.24) is 10.6 Å². The molecule has 0 atom stereocenters. The zero-order chi connectivity index (χ0) is 33.1. The van der Waals surface area contributed by atoms with Gasteiger partial charge in [-0.15, -0.1) is 0 Å². The first kappa shape index (κ1) is 32.2. The molecule has 0 saturated carbocycles. The van der Waals surface area contributed by atoms with Crippen molar-refractivity contribution in [3.8, 4) is 11.1 Å². The van der Waals surface area contributed by atoms with Crippen molar-refractivity contribution in [2.75, 3.05) is 0 Å². The summed E-state index contributed by atoms with van der Waals surface area (Å²) >= 11 is 0. The quantitative estimate of drug-likeness (QED) is 0.218. The predicted molar refractivity (Wildman–Crippen MR) is 186 cm³/mol. The normalized spacial score (nSPS) is 20.8. The summed E-state index contributed by atoms with van der Waals surface area (Å²) in [5.41, 5.74) is 1.87. The van der Waals surface area contributed by atoms with E-state index in [0.717, 1.165) is 58.4 Å². The van der Waals surface area contributed by atoms with Crippen molar-refractivity contribution < 1.29 is 19.1 Å². The molecule has 2 N–H and O–H groups in total. The third-order valence-electron chi connectivity index (χ3n) is 9.35. The van der Waals surface area contributed by atoms with Crippen LogP contribution in [0, 0.1) is 0 Å². The van der Waals surface area contributed by atoms with Crippen molar-refractivity contribution in [3.05, 3.63) is 83.9 Å². The van der Waals surface area contributed by atoms with E-state index < -0.39 is 0 Å². The monoisotopic (exact) mass is 620 g/mol. The first-order valence-corrected chi connectivity index (χ1v) is 16.5. The van der Waals surface area contributed by atoms with E-state index in [1.807, 2.05) is 66.7 Å². The molecule has 0 amide bonds. The van der Waals surface area contributed by atoms with Gasteiger partial charge in [0.15, 0.2) is 0 Å². The lowest BCUT2D eigenvalue weighted by atomic mass is 9.81. The van der Waals surface area contributed by atoms with Gasteiger partial charge < -0.3 is 20.1 Å². The van der Waals surface area contributed by atoms with E-state index in [1.54, 1.807) is 0 Å². The van der Waals surface area contributed by atoms with Gasteiger partial charge in [0.05, 0.1) is 11.1 Å². The molecule has 242 valence electrons. The molecule has 4 aromatic carbocycles. The summed E-state index contributed by atoms with van der Waals surface area (Å²) in [7, 11) is 0. The minimum atomic E-state index is -0.352. The maximum absolute atomic E-state index is 14.2. The number of ether oxygens (including phenoxy) is 2. The molecule has 6 rings (SSSR count). The highest BCUT2D eigenvalue weighted by molar-refractivity contribution is 6.10. The second-order valence-electron chi connectivity index (χ2n) is 16.1. The Bertz CT molecular complexity index is 1790. The maximum atomic E-state index is 14.2. The van der Waals surface area contributed by atoms with Gasteiger partial charge in [-0.05, 0) is 112 Å². The second kappa shape index (κ2) is 11.5. The van der Waals surface area contributed by atoms with Crippen LogP contribution in [0.3, 0.4) is 0 Å². The summed E-state index contributed by atoms with van der Waals surface area (Å²) in [4.78, 5) is 28.0. The molecular weight excluding hydrogens is 572 g/mol. The molecule has 0 aromatic heterocycles. The molecule has 6 heteroatoms. The van der Waals surface area contributed by atoms with Crippen molar-refractivity contribution in [3.63, 3.8) is 0 Å². The fourth-order valence-electron chi connectivity index (χ4n) is 8.34. The summed E-state index contributed by atoms with van der Waals surface area (Å²) in [6.45, 7) is 17.2. The zero-order valence-corrected chi connectivity index (χ0v) is 28.5. The Morgan fingerprint density at radius 1 is 0.565 bits per heavy atom. The van der Waals surface area contributed by atoms with Crippen molar-refractivity contribution in [2.45, 2.75) is 115 Å². The Balaban J connectivity index is 1.42. The van der Waals surface area contributed by atoms with Gasteiger partial charge in [-0.2, -0.15) is 0 Å². The Kier molecular flexibility index (Phi) is 8.05. The molecule has 2 fully saturated rings. The number of benzene rings is 4. The summed E-state index contributed by atoms with van der Waals surface area (Å²) in [6, 6.07) is 23.8. The number of fused-ring (bicyclic) bond motifs is 2. The van der Waals surface area contributed by atoms with Gasteiger partial charge in [0.1, 0.15) is 12.2 Å². The van der Waals surface area contributed by atoms with Crippen LogP contribution in [0.5, 0.6) is 0 Å². The summed E-state index contributed by atoms with van der Waals surface area (Å²) in [5, 5.41) is 11.2. The molecule has 2 aliphatic heterocycles. The van der Waals surface area contributed by atoms with Crippen LogP contribution in [0.1, 0.15) is 102 Å². The van der Waals surface area contributed by atoms with Crippen LogP contribution in [0.15, 0.2) is 72.8 Å². The number of esters is 2. The number of nitrogens with one attached hydrogen (secondary N) is 2. The summed E-state index contributed by atoms with van der Waals surface area (Å²) in [6.07, 6.45) is 2.47. The topological polar surface area (TPSA) is 76.7 Å². The van der Waals surface area contributed by atoms with E-state index in [-0.39, 0.29) is 46.3 Å². The van der Waals surface area contributed by atoms with Gasteiger partial charge in [0, 0.05) is 47.8 Å². The Hall–Kier alpha value is -3.74. The molecule has 4 aromatic rings. The van der Waals surface area contributed by atoms with Crippen LogP contribution in [0.4, 0.5) is 0 Å².